The van der Waals surface area contributed by atoms with Gasteiger partial charge in [-0.2, -0.15) is 0 Å². The van der Waals surface area contributed by atoms with Gasteiger partial charge in [-0.25, -0.2) is 0 Å². The van der Waals surface area contributed by atoms with Crippen molar-refractivity contribution in [2.24, 2.45) is 0 Å². The lowest BCUT2D eigenvalue weighted by Crippen LogP contribution is -2.36. The first-order chi connectivity index (χ1) is 3.43. The van der Waals surface area contributed by atoms with E-state index in [1.165, 1.54) is 25.4 Å². The molecule has 1 nitrogen and oxygen atoms in total. The third kappa shape index (κ3) is 1.35. The molecule has 2 heteroatoms. The zero-order valence-corrected chi connectivity index (χ0v) is 5.50. The molecule has 7 heavy (non-hydrogen) atoms. The fraction of sp³-hybridized carbons (Fsp3) is 1.00. The summed E-state index contributed by atoms with van der Waals surface area (Å²) in [5.74, 6) is 1.24. The predicted octanol–water partition coefficient (Wildman–Crippen LogP) is 1.01. The van der Waals surface area contributed by atoms with Gasteiger partial charge in [-0.1, -0.05) is 0 Å². The van der Waals surface area contributed by atoms with Gasteiger partial charge in [0, 0.05) is 19.0 Å². The van der Waals surface area contributed by atoms with Crippen LogP contribution in [0.3, 0.4) is 0 Å². The minimum atomic E-state index is 1.24. The highest BCUT2D eigenvalue weighted by Gasteiger charge is 2.10. The van der Waals surface area contributed by atoms with Crippen LogP contribution in [-0.2, 0) is 0 Å². The molecule has 0 radical (unpaired) electrons. The van der Waals surface area contributed by atoms with E-state index >= 15 is 0 Å². The van der Waals surface area contributed by atoms with Gasteiger partial charge < -0.3 is 0 Å². The van der Waals surface area contributed by atoms with Crippen LogP contribution in [-0.4, -0.2) is 30.1 Å². The van der Waals surface area contributed by atoms with Gasteiger partial charge in [-0.15, -0.1) is 11.8 Å². The Balaban J connectivity index is 1.93. The number of hydrogen-bond donors (Lipinski definition) is 0. The lowest BCUT2D eigenvalue weighted by atomic mass is 10.2. The molecular formula is C5H11NS. The first-order valence-electron chi connectivity index (χ1n) is 2.65. The SMILES string of the molecule is CSCN1CCC1. The summed E-state index contributed by atoms with van der Waals surface area (Å²) in [4.78, 5) is 2.45. The molecule has 0 spiro atoms. The Hall–Kier alpha value is 0.310. The standard InChI is InChI=1S/C5H11NS/c1-7-5-6-3-2-4-6/h2-5H2,1H3. The first kappa shape index (κ1) is 5.45. The average molecular weight is 117 g/mol. The molecule has 0 unspecified atom stereocenters. The minimum absolute atomic E-state index is 1.24. The summed E-state index contributed by atoms with van der Waals surface area (Å²) >= 11 is 1.91. The van der Waals surface area contributed by atoms with Crippen molar-refractivity contribution in [2.45, 2.75) is 6.42 Å². The van der Waals surface area contributed by atoms with Gasteiger partial charge in [0.1, 0.15) is 0 Å². The summed E-state index contributed by atoms with van der Waals surface area (Å²) in [5.41, 5.74) is 0. The fourth-order valence-electron chi connectivity index (χ4n) is 0.693. The van der Waals surface area contributed by atoms with Crippen molar-refractivity contribution in [3.63, 3.8) is 0 Å². The molecule has 1 fully saturated rings. The summed E-state index contributed by atoms with van der Waals surface area (Å²) in [6, 6.07) is 0. The number of thioether (sulfide) groups is 1. The van der Waals surface area contributed by atoms with Crippen LogP contribution in [0.1, 0.15) is 6.42 Å². The highest BCUT2D eigenvalue weighted by molar-refractivity contribution is 7.98. The average Bonchev–Trinajstić information content (AvgIpc) is 1.55. The topological polar surface area (TPSA) is 3.24 Å². The number of rotatable bonds is 2. The molecule has 0 aromatic carbocycles. The van der Waals surface area contributed by atoms with Gasteiger partial charge in [0.2, 0.25) is 0 Å². The van der Waals surface area contributed by atoms with E-state index in [-0.39, 0.29) is 0 Å². The third-order valence-corrected chi connectivity index (χ3v) is 1.88. The zero-order chi connectivity index (χ0) is 5.11. The Morgan fingerprint density at radius 2 is 2.29 bits per heavy atom. The van der Waals surface area contributed by atoms with Gasteiger partial charge in [-0.3, -0.25) is 4.90 Å². The van der Waals surface area contributed by atoms with E-state index in [9.17, 15) is 0 Å². The lowest BCUT2D eigenvalue weighted by molar-refractivity contribution is 0.218. The van der Waals surface area contributed by atoms with Crippen LogP contribution in [0.15, 0.2) is 0 Å². The molecule has 0 saturated carbocycles. The Kier molecular flexibility index (Phi) is 2.00. The van der Waals surface area contributed by atoms with Crippen LogP contribution in [0.25, 0.3) is 0 Å². The second-order valence-corrected chi connectivity index (χ2v) is 2.72. The summed E-state index contributed by atoms with van der Waals surface area (Å²) in [5, 5.41) is 0. The molecule has 0 aromatic heterocycles. The van der Waals surface area contributed by atoms with Gasteiger partial charge >= 0.3 is 0 Å². The maximum Gasteiger partial charge on any atom is 0.0441 e. The molecule has 1 rings (SSSR count). The van der Waals surface area contributed by atoms with E-state index < -0.39 is 0 Å². The highest BCUT2D eigenvalue weighted by Crippen LogP contribution is 2.08. The maximum absolute atomic E-state index is 2.45. The van der Waals surface area contributed by atoms with E-state index in [1.54, 1.807) is 0 Å². The predicted molar refractivity (Wildman–Crippen MR) is 34.6 cm³/mol. The van der Waals surface area contributed by atoms with Gasteiger partial charge in [0.25, 0.3) is 0 Å². The van der Waals surface area contributed by atoms with Crippen LogP contribution in [0.4, 0.5) is 0 Å². The molecule has 0 aromatic rings. The minimum Gasteiger partial charge on any atom is -0.294 e. The molecule has 0 N–H and O–H groups in total. The molecule has 0 amide bonds. The first-order valence-corrected chi connectivity index (χ1v) is 4.04. The van der Waals surface area contributed by atoms with Crippen LogP contribution in [0.5, 0.6) is 0 Å². The Bertz CT molecular complexity index is 52.0. The van der Waals surface area contributed by atoms with Gasteiger partial charge in [-0.05, 0) is 12.7 Å². The van der Waals surface area contributed by atoms with Crippen LogP contribution in [0, 0.1) is 0 Å². The molecular weight excluding hydrogens is 106 g/mol. The van der Waals surface area contributed by atoms with E-state index in [0.717, 1.165) is 0 Å². The number of hydrogen-bond acceptors (Lipinski definition) is 2. The van der Waals surface area contributed by atoms with Crippen LogP contribution in [0.2, 0.25) is 0 Å². The molecule has 0 aliphatic carbocycles. The zero-order valence-electron chi connectivity index (χ0n) is 4.68. The van der Waals surface area contributed by atoms with E-state index in [2.05, 4.69) is 11.2 Å². The van der Waals surface area contributed by atoms with E-state index in [0.29, 0.717) is 0 Å². The molecule has 1 aliphatic heterocycles. The van der Waals surface area contributed by atoms with E-state index in [1.807, 2.05) is 11.8 Å². The van der Waals surface area contributed by atoms with E-state index in [4.69, 9.17) is 0 Å². The summed E-state index contributed by atoms with van der Waals surface area (Å²) in [7, 11) is 0. The summed E-state index contributed by atoms with van der Waals surface area (Å²) < 4.78 is 0. The Morgan fingerprint density at radius 1 is 1.57 bits per heavy atom. The second kappa shape index (κ2) is 2.58. The smallest absolute Gasteiger partial charge is 0.0441 e. The summed E-state index contributed by atoms with van der Waals surface area (Å²) in [6.45, 7) is 2.67. The molecule has 0 bridgehead atoms. The van der Waals surface area contributed by atoms with Crippen molar-refractivity contribution < 1.29 is 0 Å². The van der Waals surface area contributed by atoms with Crippen molar-refractivity contribution in [1.29, 1.82) is 0 Å². The molecule has 1 heterocycles. The summed E-state index contributed by atoms with van der Waals surface area (Å²) in [6.07, 6.45) is 3.57. The monoisotopic (exact) mass is 117 g/mol. The fourth-order valence-corrected chi connectivity index (χ4v) is 1.32. The lowest BCUT2D eigenvalue weighted by Gasteiger charge is -2.29. The van der Waals surface area contributed by atoms with Crippen molar-refractivity contribution in [3.05, 3.63) is 0 Å². The second-order valence-electron chi connectivity index (χ2n) is 1.89. The van der Waals surface area contributed by atoms with Crippen molar-refractivity contribution >= 4 is 11.8 Å². The van der Waals surface area contributed by atoms with Crippen molar-refractivity contribution in [3.8, 4) is 0 Å². The molecule has 0 atom stereocenters. The van der Waals surface area contributed by atoms with Crippen LogP contribution < -0.4 is 0 Å². The quantitative estimate of drug-likeness (QED) is 0.531. The van der Waals surface area contributed by atoms with Gasteiger partial charge in [0.05, 0.1) is 0 Å². The van der Waals surface area contributed by atoms with Crippen molar-refractivity contribution in [1.82, 2.24) is 4.90 Å². The molecule has 1 saturated heterocycles. The largest absolute Gasteiger partial charge is 0.294 e. The number of likely N-dealkylation sites (tertiary alicyclic amines) is 1. The Labute approximate surface area is 49.1 Å². The highest BCUT2D eigenvalue weighted by atomic mass is 32.2. The third-order valence-electron chi connectivity index (χ3n) is 1.26. The maximum atomic E-state index is 2.45. The van der Waals surface area contributed by atoms with Crippen molar-refractivity contribution in [2.75, 3.05) is 25.2 Å². The Morgan fingerprint density at radius 3 is 2.43 bits per heavy atom. The number of nitrogens with zero attached hydrogens (tertiary/aromatic N) is 1. The van der Waals surface area contributed by atoms with Crippen LogP contribution >= 0.6 is 11.8 Å². The van der Waals surface area contributed by atoms with Gasteiger partial charge in [0.15, 0.2) is 0 Å². The molecule has 42 valence electrons. The molecule has 1 aliphatic rings. The normalized spacial score (nSPS) is 21.9.